The number of hydrogen-bond acceptors (Lipinski definition) is 2. The first-order valence-electron chi connectivity index (χ1n) is 5.55. The van der Waals surface area contributed by atoms with Gasteiger partial charge in [-0.05, 0) is 38.3 Å². The second-order valence-electron chi connectivity index (χ2n) is 4.49. The van der Waals surface area contributed by atoms with E-state index in [0.717, 1.165) is 17.3 Å². The van der Waals surface area contributed by atoms with Crippen LogP contribution >= 0.6 is 11.6 Å². The van der Waals surface area contributed by atoms with Gasteiger partial charge in [-0.3, -0.25) is 0 Å². The monoisotopic (exact) mass is 224 g/mol. The van der Waals surface area contributed by atoms with Crippen LogP contribution in [0.15, 0.2) is 12.1 Å². The van der Waals surface area contributed by atoms with Crippen LogP contribution in [0.25, 0.3) is 0 Å². The van der Waals surface area contributed by atoms with Gasteiger partial charge in [-0.25, -0.2) is 4.98 Å². The van der Waals surface area contributed by atoms with Crippen LogP contribution < -0.4 is 5.32 Å². The van der Waals surface area contributed by atoms with Crippen molar-refractivity contribution in [2.45, 2.75) is 39.2 Å². The van der Waals surface area contributed by atoms with Gasteiger partial charge < -0.3 is 5.32 Å². The molecule has 1 aliphatic carbocycles. The Morgan fingerprint density at radius 1 is 1.53 bits per heavy atom. The van der Waals surface area contributed by atoms with E-state index in [9.17, 15) is 0 Å². The molecule has 2 rings (SSSR count). The summed E-state index contributed by atoms with van der Waals surface area (Å²) in [6.07, 6.45) is 4.08. The fourth-order valence-electron chi connectivity index (χ4n) is 1.86. The van der Waals surface area contributed by atoms with Crippen molar-refractivity contribution in [2.75, 3.05) is 5.32 Å². The second-order valence-corrected chi connectivity index (χ2v) is 4.88. The molecule has 3 heteroatoms. The van der Waals surface area contributed by atoms with Crippen LogP contribution in [0.2, 0.25) is 5.15 Å². The molecule has 1 heterocycles. The fraction of sp³-hybridized carbons (Fsp3) is 0.583. The van der Waals surface area contributed by atoms with Gasteiger partial charge in [0.25, 0.3) is 0 Å². The first kappa shape index (κ1) is 10.7. The van der Waals surface area contributed by atoms with E-state index in [2.05, 4.69) is 17.2 Å². The lowest BCUT2D eigenvalue weighted by molar-refractivity contribution is 0.641. The molecule has 1 unspecified atom stereocenters. The van der Waals surface area contributed by atoms with Gasteiger partial charge in [0.15, 0.2) is 0 Å². The summed E-state index contributed by atoms with van der Waals surface area (Å²) in [4.78, 5) is 4.22. The summed E-state index contributed by atoms with van der Waals surface area (Å²) >= 11 is 5.81. The summed E-state index contributed by atoms with van der Waals surface area (Å²) in [5.74, 6) is 0.952. The highest BCUT2D eigenvalue weighted by Crippen LogP contribution is 2.34. The van der Waals surface area contributed by atoms with Crippen molar-refractivity contribution in [3.05, 3.63) is 23.0 Å². The molecule has 0 amide bonds. The molecule has 1 atom stereocenters. The molecular weight excluding hydrogens is 208 g/mol. The predicted octanol–water partition coefficient (Wildman–Crippen LogP) is 3.64. The first-order chi connectivity index (χ1) is 7.15. The van der Waals surface area contributed by atoms with Crippen LogP contribution in [0.3, 0.4) is 0 Å². The van der Waals surface area contributed by atoms with Crippen molar-refractivity contribution < 1.29 is 0 Å². The molecule has 0 radical (unpaired) electrons. The SMILES string of the molecule is Cc1nc(Cl)ccc1NC(C)CC1CC1. The molecule has 0 aliphatic heterocycles. The van der Waals surface area contributed by atoms with E-state index >= 15 is 0 Å². The van der Waals surface area contributed by atoms with Crippen LogP contribution in [0.4, 0.5) is 5.69 Å². The zero-order valence-corrected chi connectivity index (χ0v) is 10.0. The molecule has 1 aromatic rings. The zero-order valence-electron chi connectivity index (χ0n) is 9.26. The van der Waals surface area contributed by atoms with E-state index in [1.165, 1.54) is 19.3 Å². The van der Waals surface area contributed by atoms with Crippen LogP contribution in [0, 0.1) is 12.8 Å². The third kappa shape index (κ3) is 3.10. The van der Waals surface area contributed by atoms with E-state index < -0.39 is 0 Å². The van der Waals surface area contributed by atoms with Crippen LogP contribution in [-0.4, -0.2) is 11.0 Å². The van der Waals surface area contributed by atoms with Crippen molar-refractivity contribution >= 4 is 17.3 Å². The smallest absolute Gasteiger partial charge is 0.129 e. The molecule has 0 bridgehead atoms. The molecule has 0 spiro atoms. The van der Waals surface area contributed by atoms with Crippen LogP contribution in [-0.2, 0) is 0 Å². The molecule has 0 saturated heterocycles. The maximum absolute atomic E-state index is 5.81. The predicted molar refractivity (Wildman–Crippen MR) is 64.4 cm³/mol. The Morgan fingerprint density at radius 2 is 2.27 bits per heavy atom. The van der Waals surface area contributed by atoms with Gasteiger partial charge >= 0.3 is 0 Å². The molecular formula is C12H17ClN2. The Hall–Kier alpha value is -0.760. The number of hydrogen-bond donors (Lipinski definition) is 1. The van der Waals surface area contributed by atoms with Crippen LogP contribution in [0.1, 0.15) is 31.9 Å². The quantitative estimate of drug-likeness (QED) is 0.790. The van der Waals surface area contributed by atoms with E-state index in [0.29, 0.717) is 11.2 Å². The fourth-order valence-corrected chi connectivity index (χ4v) is 2.05. The number of pyridine rings is 1. The lowest BCUT2D eigenvalue weighted by Gasteiger charge is -2.16. The number of rotatable bonds is 4. The molecule has 1 saturated carbocycles. The van der Waals surface area contributed by atoms with Gasteiger partial charge in [0.1, 0.15) is 5.15 Å². The molecule has 82 valence electrons. The van der Waals surface area contributed by atoms with E-state index in [-0.39, 0.29) is 0 Å². The Labute approximate surface area is 96.1 Å². The summed E-state index contributed by atoms with van der Waals surface area (Å²) in [5, 5.41) is 4.05. The topological polar surface area (TPSA) is 24.9 Å². The highest BCUT2D eigenvalue weighted by atomic mass is 35.5. The summed E-state index contributed by atoms with van der Waals surface area (Å²) < 4.78 is 0. The highest BCUT2D eigenvalue weighted by molar-refractivity contribution is 6.29. The van der Waals surface area contributed by atoms with Gasteiger partial charge in [0, 0.05) is 6.04 Å². The summed E-state index contributed by atoms with van der Waals surface area (Å²) in [6, 6.07) is 4.37. The third-order valence-corrected chi connectivity index (χ3v) is 3.05. The minimum Gasteiger partial charge on any atom is -0.381 e. The number of aromatic nitrogens is 1. The average Bonchev–Trinajstić information content (AvgIpc) is 2.94. The first-order valence-corrected chi connectivity index (χ1v) is 5.92. The molecule has 15 heavy (non-hydrogen) atoms. The maximum atomic E-state index is 5.81. The van der Waals surface area contributed by atoms with Crippen molar-refractivity contribution in [1.82, 2.24) is 4.98 Å². The van der Waals surface area contributed by atoms with Crippen molar-refractivity contribution in [1.29, 1.82) is 0 Å². The van der Waals surface area contributed by atoms with Gasteiger partial charge in [0.05, 0.1) is 11.4 Å². The molecule has 1 N–H and O–H groups in total. The number of nitrogens with one attached hydrogen (secondary N) is 1. The van der Waals surface area contributed by atoms with Crippen molar-refractivity contribution in [3.63, 3.8) is 0 Å². The molecule has 1 fully saturated rings. The minimum absolute atomic E-state index is 0.527. The third-order valence-electron chi connectivity index (χ3n) is 2.84. The largest absolute Gasteiger partial charge is 0.381 e. The van der Waals surface area contributed by atoms with Gasteiger partial charge in [-0.15, -0.1) is 0 Å². The lowest BCUT2D eigenvalue weighted by atomic mass is 10.1. The molecule has 1 aliphatic rings. The van der Waals surface area contributed by atoms with E-state index in [4.69, 9.17) is 11.6 Å². The van der Waals surface area contributed by atoms with Gasteiger partial charge in [-0.1, -0.05) is 24.4 Å². The van der Waals surface area contributed by atoms with Gasteiger partial charge in [-0.2, -0.15) is 0 Å². The zero-order chi connectivity index (χ0) is 10.8. The number of aryl methyl sites for hydroxylation is 1. The number of nitrogens with zero attached hydrogens (tertiary/aromatic N) is 1. The molecule has 1 aromatic heterocycles. The molecule has 2 nitrogen and oxygen atoms in total. The lowest BCUT2D eigenvalue weighted by Crippen LogP contribution is -2.16. The minimum atomic E-state index is 0.527. The maximum Gasteiger partial charge on any atom is 0.129 e. The Bertz CT molecular complexity index is 347. The number of halogens is 1. The normalized spacial score (nSPS) is 17.5. The summed E-state index contributed by atoms with van der Waals surface area (Å²) in [6.45, 7) is 4.21. The second kappa shape index (κ2) is 4.40. The van der Waals surface area contributed by atoms with Crippen LogP contribution in [0.5, 0.6) is 0 Å². The molecule has 0 aromatic carbocycles. The Morgan fingerprint density at radius 3 is 2.87 bits per heavy atom. The standard InChI is InChI=1S/C12H17ClN2/c1-8(7-10-3-4-10)14-11-5-6-12(13)15-9(11)2/h5-6,8,10,14H,3-4,7H2,1-2H3. The van der Waals surface area contributed by atoms with Crippen molar-refractivity contribution in [3.8, 4) is 0 Å². The highest BCUT2D eigenvalue weighted by Gasteiger charge is 2.23. The summed E-state index contributed by atoms with van der Waals surface area (Å²) in [7, 11) is 0. The Balaban J connectivity index is 1.96. The number of anilines is 1. The summed E-state index contributed by atoms with van der Waals surface area (Å²) in [5.41, 5.74) is 2.08. The Kier molecular flexibility index (Phi) is 3.15. The average molecular weight is 225 g/mol. The van der Waals surface area contributed by atoms with E-state index in [1.807, 2.05) is 19.1 Å². The van der Waals surface area contributed by atoms with Gasteiger partial charge in [0.2, 0.25) is 0 Å². The van der Waals surface area contributed by atoms with Crippen molar-refractivity contribution in [2.24, 2.45) is 5.92 Å². The van der Waals surface area contributed by atoms with E-state index in [1.54, 1.807) is 0 Å².